The van der Waals surface area contributed by atoms with Gasteiger partial charge in [-0.05, 0) is 42.7 Å². The first-order chi connectivity index (χ1) is 15.1. The molecule has 2 N–H and O–H groups in total. The van der Waals surface area contributed by atoms with E-state index < -0.39 is 18.7 Å². The molecule has 0 aliphatic rings. The first-order valence-electron chi connectivity index (χ1n) is 9.76. The van der Waals surface area contributed by atoms with Crippen molar-refractivity contribution in [3.8, 4) is 11.5 Å². The van der Waals surface area contributed by atoms with Gasteiger partial charge in [-0.25, -0.2) is 4.98 Å². The number of carbonyl (C=O) groups excluding carboxylic acids is 2. The van der Waals surface area contributed by atoms with Gasteiger partial charge < -0.3 is 24.9 Å². The summed E-state index contributed by atoms with van der Waals surface area (Å²) in [6.07, 6.45) is -2.79. The quantitative estimate of drug-likeness (QED) is 0.555. The number of amides is 1. The number of alkyl halides is 3. The van der Waals surface area contributed by atoms with Crippen LogP contribution in [0.5, 0.6) is 11.5 Å². The Bertz CT molecular complexity index is 887. The molecule has 1 aromatic carbocycles. The van der Waals surface area contributed by atoms with Crippen molar-refractivity contribution in [2.24, 2.45) is 5.92 Å². The second-order valence-electron chi connectivity index (χ2n) is 7.21. The predicted octanol–water partition coefficient (Wildman–Crippen LogP) is 4.90. The van der Waals surface area contributed by atoms with E-state index in [0.717, 1.165) is 12.1 Å². The molecule has 2 rings (SSSR count). The van der Waals surface area contributed by atoms with E-state index in [-0.39, 0.29) is 26.0 Å². The standard InChI is InChI=1S/C21H26F3N3O3.CH2O.2H2/c1-13(2)11-26-19-9-15(7-8-25-19)14(3)27-20(28)17-6-5-16(10-18(17)29-4)30-12-21(22,23)24;1-2;;/h5-10,13-14H,11-12H2,1-4H3,(H,25,26)(H,27,28);1H2;2*1H. The van der Waals surface area contributed by atoms with Gasteiger partial charge in [0.05, 0.1) is 18.7 Å². The van der Waals surface area contributed by atoms with Gasteiger partial charge in [-0.15, -0.1) is 0 Å². The van der Waals surface area contributed by atoms with Gasteiger partial charge in [-0.1, -0.05) is 13.8 Å². The minimum absolute atomic E-state index is 0. The summed E-state index contributed by atoms with van der Waals surface area (Å²) < 4.78 is 46.8. The summed E-state index contributed by atoms with van der Waals surface area (Å²) in [7, 11) is 1.33. The van der Waals surface area contributed by atoms with Crippen molar-refractivity contribution in [2.75, 3.05) is 25.6 Å². The molecule has 0 saturated heterocycles. The van der Waals surface area contributed by atoms with E-state index in [1.807, 2.05) is 19.8 Å². The summed E-state index contributed by atoms with van der Waals surface area (Å²) in [5.74, 6) is 0.835. The van der Waals surface area contributed by atoms with Crippen molar-refractivity contribution in [2.45, 2.75) is 33.0 Å². The fourth-order valence-corrected chi connectivity index (χ4v) is 2.59. The summed E-state index contributed by atoms with van der Waals surface area (Å²) in [6, 6.07) is 7.26. The normalized spacial score (nSPS) is 11.8. The van der Waals surface area contributed by atoms with E-state index in [1.54, 1.807) is 12.3 Å². The van der Waals surface area contributed by atoms with Crippen LogP contribution in [0.4, 0.5) is 19.0 Å². The molecule has 1 aromatic heterocycles. The zero-order chi connectivity index (χ0) is 24.3. The van der Waals surface area contributed by atoms with Crippen LogP contribution >= 0.6 is 0 Å². The van der Waals surface area contributed by atoms with Crippen LogP contribution in [0.2, 0.25) is 0 Å². The van der Waals surface area contributed by atoms with Crippen molar-refractivity contribution in [3.05, 3.63) is 47.7 Å². The largest absolute Gasteiger partial charge is 0.496 e. The lowest BCUT2D eigenvalue weighted by Gasteiger charge is -2.17. The van der Waals surface area contributed by atoms with Crippen LogP contribution < -0.4 is 20.1 Å². The van der Waals surface area contributed by atoms with Gasteiger partial charge in [0.1, 0.15) is 24.1 Å². The van der Waals surface area contributed by atoms with Crippen LogP contribution in [0.1, 0.15) is 45.6 Å². The fraction of sp³-hybridized carbons (Fsp3) is 0.409. The lowest BCUT2D eigenvalue weighted by atomic mass is 10.1. The van der Waals surface area contributed by atoms with Gasteiger partial charge >= 0.3 is 6.18 Å². The van der Waals surface area contributed by atoms with Gasteiger partial charge in [-0.2, -0.15) is 13.2 Å². The molecule has 0 aliphatic heterocycles. The second kappa shape index (κ2) is 12.5. The highest BCUT2D eigenvalue weighted by Gasteiger charge is 2.28. The van der Waals surface area contributed by atoms with Crippen LogP contribution in [0.3, 0.4) is 0 Å². The highest BCUT2D eigenvalue weighted by atomic mass is 19.4. The first kappa shape index (κ1) is 26.7. The Hall–Kier alpha value is -3.30. The number of hydrogen-bond acceptors (Lipinski definition) is 6. The van der Waals surface area contributed by atoms with Crippen molar-refractivity contribution in [1.82, 2.24) is 10.3 Å². The lowest BCUT2D eigenvalue weighted by molar-refractivity contribution is -0.153. The molecule has 1 atom stereocenters. The van der Waals surface area contributed by atoms with Gasteiger partial charge in [0.2, 0.25) is 0 Å². The molecule has 1 amide bonds. The van der Waals surface area contributed by atoms with Crippen molar-refractivity contribution in [1.29, 1.82) is 0 Å². The molecule has 7 nitrogen and oxygen atoms in total. The number of ether oxygens (including phenoxy) is 2. The number of anilines is 1. The minimum Gasteiger partial charge on any atom is -0.496 e. The Morgan fingerprint density at radius 3 is 2.47 bits per heavy atom. The number of benzene rings is 1. The summed E-state index contributed by atoms with van der Waals surface area (Å²) in [5, 5.41) is 6.09. The number of hydrogen-bond donors (Lipinski definition) is 2. The highest BCUT2D eigenvalue weighted by Crippen LogP contribution is 2.27. The third kappa shape index (κ3) is 8.83. The molecule has 180 valence electrons. The van der Waals surface area contributed by atoms with Crippen LogP contribution in [0.15, 0.2) is 36.5 Å². The minimum atomic E-state index is -4.45. The average molecular weight is 460 g/mol. The smallest absolute Gasteiger partial charge is 0.422 e. The van der Waals surface area contributed by atoms with Crippen molar-refractivity contribution in [3.63, 3.8) is 0 Å². The van der Waals surface area contributed by atoms with Gasteiger partial charge in [0.15, 0.2) is 6.61 Å². The Morgan fingerprint density at radius 1 is 1.19 bits per heavy atom. The number of aromatic nitrogens is 1. The number of pyridine rings is 1. The van der Waals surface area contributed by atoms with E-state index in [1.165, 1.54) is 25.3 Å². The zero-order valence-electron chi connectivity index (χ0n) is 18.5. The molecule has 2 aromatic rings. The predicted molar refractivity (Wildman–Crippen MR) is 119 cm³/mol. The Morgan fingerprint density at radius 2 is 1.88 bits per heavy atom. The first-order valence-corrected chi connectivity index (χ1v) is 9.76. The van der Waals surface area contributed by atoms with Gasteiger partial charge in [-0.3, -0.25) is 4.79 Å². The Labute approximate surface area is 188 Å². The molecular weight excluding hydrogens is 427 g/mol. The molecule has 0 bridgehead atoms. The second-order valence-corrected chi connectivity index (χ2v) is 7.21. The van der Waals surface area contributed by atoms with Gasteiger partial charge in [0.25, 0.3) is 5.91 Å². The molecule has 0 radical (unpaired) electrons. The molecule has 0 saturated carbocycles. The lowest BCUT2D eigenvalue weighted by Crippen LogP contribution is -2.27. The number of halogens is 3. The van der Waals surface area contributed by atoms with Crippen LogP contribution in [-0.4, -0.2) is 44.1 Å². The van der Waals surface area contributed by atoms with Crippen LogP contribution in [0.25, 0.3) is 0 Å². The molecule has 0 spiro atoms. The number of nitrogens with zero attached hydrogens (tertiary/aromatic N) is 1. The molecule has 1 unspecified atom stereocenters. The maximum atomic E-state index is 12.7. The zero-order valence-corrected chi connectivity index (χ0v) is 18.5. The van der Waals surface area contributed by atoms with Crippen LogP contribution in [-0.2, 0) is 4.79 Å². The summed E-state index contributed by atoms with van der Waals surface area (Å²) in [4.78, 5) is 25.0. The Kier molecular flexibility index (Phi) is 10.5. The summed E-state index contributed by atoms with van der Waals surface area (Å²) >= 11 is 0. The highest BCUT2D eigenvalue weighted by molar-refractivity contribution is 5.97. The Balaban J connectivity index is 0. The van der Waals surface area contributed by atoms with Crippen molar-refractivity contribution < 1.29 is 35.1 Å². The van der Waals surface area contributed by atoms with E-state index in [4.69, 9.17) is 14.3 Å². The molecule has 0 fully saturated rings. The number of nitrogens with one attached hydrogen (secondary N) is 2. The van der Waals surface area contributed by atoms with E-state index >= 15 is 0 Å². The third-order valence-corrected chi connectivity index (χ3v) is 4.14. The topological polar surface area (TPSA) is 89.5 Å². The fourth-order valence-electron chi connectivity index (χ4n) is 2.59. The molecular formula is C22H32F3N3O4. The monoisotopic (exact) mass is 459 g/mol. The van der Waals surface area contributed by atoms with Crippen molar-refractivity contribution >= 4 is 18.5 Å². The summed E-state index contributed by atoms with van der Waals surface area (Å²) in [5.41, 5.74) is 1.05. The molecule has 10 heteroatoms. The average Bonchev–Trinajstić information content (AvgIpc) is 2.77. The van der Waals surface area contributed by atoms with E-state index in [0.29, 0.717) is 11.7 Å². The number of methoxy groups -OCH3 is 1. The number of carbonyl (C=O) groups is 2. The maximum Gasteiger partial charge on any atom is 0.422 e. The van der Waals surface area contributed by atoms with E-state index in [2.05, 4.69) is 29.5 Å². The van der Waals surface area contributed by atoms with E-state index in [9.17, 15) is 18.0 Å². The van der Waals surface area contributed by atoms with Gasteiger partial charge in [0, 0.05) is 21.7 Å². The maximum absolute atomic E-state index is 12.7. The molecule has 1 heterocycles. The number of rotatable bonds is 9. The third-order valence-electron chi connectivity index (χ3n) is 4.14. The molecule has 0 aliphatic carbocycles. The SMILES string of the molecule is C=O.COc1cc(OCC(F)(F)F)ccc1C(=O)NC(C)c1ccnc(NCC(C)C)c1.[HH].[HH]. The summed E-state index contributed by atoms with van der Waals surface area (Å²) in [6.45, 7) is 7.36. The van der Waals surface area contributed by atoms with Crippen LogP contribution in [0, 0.1) is 5.92 Å². The molecule has 32 heavy (non-hydrogen) atoms.